The zero-order valence-electron chi connectivity index (χ0n) is 10.6. The molecular weight excluding hydrogens is 186 g/mol. The average molecular weight is 211 g/mol. The molecule has 0 heterocycles. The molecule has 2 nitrogen and oxygen atoms in total. The average Bonchev–Trinajstić information content (AvgIpc) is 2.18. The van der Waals surface area contributed by atoms with Gasteiger partial charge in [-0.3, -0.25) is 0 Å². The van der Waals surface area contributed by atoms with Gasteiger partial charge in [0.15, 0.2) is 0 Å². The molecule has 2 unspecified atom stereocenters. The summed E-state index contributed by atoms with van der Waals surface area (Å²) >= 11 is 0. The van der Waals surface area contributed by atoms with Crippen LogP contribution in [0.2, 0.25) is 0 Å². The molecule has 0 saturated carbocycles. The fourth-order valence-electron chi connectivity index (χ4n) is 2.30. The molecule has 0 saturated heterocycles. The van der Waals surface area contributed by atoms with E-state index in [1.807, 2.05) is 7.11 Å². The smallest absolute Gasteiger partial charge is 0.0705 e. The molecule has 1 aliphatic carbocycles. The summed E-state index contributed by atoms with van der Waals surface area (Å²) in [6.07, 6.45) is 9.10. The van der Waals surface area contributed by atoms with Crippen LogP contribution in [-0.2, 0) is 4.74 Å². The summed E-state index contributed by atoms with van der Waals surface area (Å²) in [5, 5.41) is 3.62. The van der Waals surface area contributed by atoms with Gasteiger partial charge in [-0.2, -0.15) is 0 Å². The summed E-state index contributed by atoms with van der Waals surface area (Å²) < 4.78 is 5.59. The molecule has 2 heteroatoms. The van der Waals surface area contributed by atoms with Gasteiger partial charge in [-0.15, -0.1) is 0 Å². The van der Waals surface area contributed by atoms with Gasteiger partial charge in [0, 0.05) is 12.6 Å². The van der Waals surface area contributed by atoms with Crippen molar-refractivity contribution in [1.82, 2.24) is 5.32 Å². The van der Waals surface area contributed by atoms with E-state index >= 15 is 0 Å². The topological polar surface area (TPSA) is 21.3 Å². The zero-order chi connectivity index (χ0) is 11.4. The summed E-state index contributed by atoms with van der Waals surface area (Å²) in [4.78, 5) is 0. The van der Waals surface area contributed by atoms with Gasteiger partial charge in [-0.25, -0.2) is 0 Å². The Morgan fingerprint density at radius 2 is 2.13 bits per heavy atom. The number of hydrogen-bond donors (Lipinski definition) is 1. The molecule has 0 aromatic heterocycles. The monoisotopic (exact) mass is 211 g/mol. The standard InChI is InChI=1S/C13H25NO/c1-5-6-10-14-12(2)8-7-9-13(3,11-12)15-4/h7-8,14H,5-6,9-11H2,1-4H3. The van der Waals surface area contributed by atoms with Crippen LogP contribution in [-0.4, -0.2) is 24.8 Å². The highest BCUT2D eigenvalue weighted by Crippen LogP contribution is 2.32. The van der Waals surface area contributed by atoms with E-state index in [0.717, 1.165) is 19.4 Å². The summed E-state index contributed by atoms with van der Waals surface area (Å²) in [5.74, 6) is 0. The van der Waals surface area contributed by atoms with Crippen molar-refractivity contribution in [1.29, 1.82) is 0 Å². The van der Waals surface area contributed by atoms with E-state index in [2.05, 4.69) is 38.2 Å². The Hall–Kier alpha value is -0.340. The predicted octanol–water partition coefficient (Wildman–Crippen LogP) is 2.89. The van der Waals surface area contributed by atoms with Crippen molar-refractivity contribution in [3.8, 4) is 0 Å². The maximum atomic E-state index is 5.59. The van der Waals surface area contributed by atoms with Gasteiger partial charge >= 0.3 is 0 Å². The summed E-state index contributed by atoms with van der Waals surface area (Å²) in [6.45, 7) is 7.77. The normalized spacial score (nSPS) is 35.7. The van der Waals surface area contributed by atoms with E-state index in [1.165, 1.54) is 12.8 Å². The van der Waals surface area contributed by atoms with Gasteiger partial charge in [0.05, 0.1) is 5.60 Å². The summed E-state index contributed by atoms with van der Waals surface area (Å²) in [7, 11) is 1.81. The minimum absolute atomic E-state index is 0.00269. The van der Waals surface area contributed by atoms with Gasteiger partial charge in [-0.1, -0.05) is 25.5 Å². The SMILES string of the molecule is CCCCNC1(C)C=CCC(C)(OC)C1. The van der Waals surface area contributed by atoms with Gasteiger partial charge in [-0.05, 0) is 39.7 Å². The van der Waals surface area contributed by atoms with Crippen molar-refractivity contribution in [3.63, 3.8) is 0 Å². The second kappa shape index (κ2) is 5.13. The quantitative estimate of drug-likeness (QED) is 0.557. The number of rotatable bonds is 5. The molecule has 0 amide bonds. The largest absolute Gasteiger partial charge is 0.378 e. The third kappa shape index (κ3) is 3.62. The first kappa shape index (κ1) is 12.7. The van der Waals surface area contributed by atoms with Crippen molar-refractivity contribution in [2.75, 3.05) is 13.7 Å². The second-order valence-corrected chi connectivity index (χ2v) is 5.14. The number of methoxy groups -OCH3 is 1. The van der Waals surface area contributed by atoms with Crippen LogP contribution in [0.1, 0.15) is 46.5 Å². The highest BCUT2D eigenvalue weighted by molar-refractivity contribution is 5.13. The first-order chi connectivity index (χ1) is 7.04. The van der Waals surface area contributed by atoms with E-state index in [1.54, 1.807) is 0 Å². The van der Waals surface area contributed by atoms with E-state index in [0.29, 0.717) is 0 Å². The lowest BCUT2D eigenvalue weighted by atomic mass is 9.79. The van der Waals surface area contributed by atoms with Crippen molar-refractivity contribution >= 4 is 0 Å². The van der Waals surface area contributed by atoms with Crippen LogP contribution >= 0.6 is 0 Å². The molecule has 1 N–H and O–H groups in total. The van der Waals surface area contributed by atoms with Gasteiger partial charge in [0.1, 0.15) is 0 Å². The van der Waals surface area contributed by atoms with Crippen LogP contribution in [0.5, 0.6) is 0 Å². The Kier molecular flexibility index (Phi) is 4.35. The number of hydrogen-bond acceptors (Lipinski definition) is 2. The number of ether oxygens (including phenoxy) is 1. The molecular formula is C13H25NO. The maximum Gasteiger partial charge on any atom is 0.0705 e. The van der Waals surface area contributed by atoms with Crippen molar-refractivity contribution in [3.05, 3.63) is 12.2 Å². The minimum atomic E-state index is 0.00269. The van der Waals surface area contributed by atoms with E-state index in [-0.39, 0.29) is 11.1 Å². The third-order valence-corrected chi connectivity index (χ3v) is 3.33. The Bertz CT molecular complexity index is 227. The van der Waals surface area contributed by atoms with Crippen LogP contribution < -0.4 is 5.32 Å². The van der Waals surface area contributed by atoms with E-state index < -0.39 is 0 Å². The summed E-state index contributed by atoms with van der Waals surface area (Å²) in [5.41, 5.74) is 0.112. The Labute approximate surface area is 94.1 Å². The van der Waals surface area contributed by atoms with E-state index in [9.17, 15) is 0 Å². The van der Waals surface area contributed by atoms with Crippen LogP contribution in [0.3, 0.4) is 0 Å². The highest BCUT2D eigenvalue weighted by Gasteiger charge is 2.35. The molecule has 0 aliphatic heterocycles. The third-order valence-electron chi connectivity index (χ3n) is 3.33. The molecule has 2 atom stereocenters. The lowest BCUT2D eigenvalue weighted by molar-refractivity contribution is -0.0181. The minimum Gasteiger partial charge on any atom is -0.378 e. The van der Waals surface area contributed by atoms with Crippen LogP contribution in [0.4, 0.5) is 0 Å². The first-order valence-corrected chi connectivity index (χ1v) is 6.01. The molecule has 0 fully saturated rings. The van der Waals surface area contributed by atoms with Crippen LogP contribution in [0, 0.1) is 0 Å². The Balaban J connectivity index is 2.53. The lowest BCUT2D eigenvalue weighted by Crippen LogP contribution is -2.49. The van der Waals surface area contributed by atoms with Crippen molar-refractivity contribution in [2.45, 2.75) is 57.6 Å². The van der Waals surface area contributed by atoms with Crippen LogP contribution in [0.15, 0.2) is 12.2 Å². The van der Waals surface area contributed by atoms with Crippen molar-refractivity contribution in [2.24, 2.45) is 0 Å². The van der Waals surface area contributed by atoms with Gasteiger partial charge < -0.3 is 10.1 Å². The molecule has 15 heavy (non-hydrogen) atoms. The van der Waals surface area contributed by atoms with Crippen molar-refractivity contribution < 1.29 is 4.74 Å². The molecule has 1 aliphatic rings. The molecule has 0 spiro atoms. The molecule has 1 rings (SSSR count). The first-order valence-electron chi connectivity index (χ1n) is 6.01. The van der Waals surface area contributed by atoms with Crippen LogP contribution in [0.25, 0.3) is 0 Å². The molecule has 0 aromatic carbocycles. The van der Waals surface area contributed by atoms with E-state index in [4.69, 9.17) is 4.74 Å². The van der Waals surface area contributed by atoms with Gasteiger partial charge in [0.2, 0.25) is 0 Å². The lowest BCUT2D eigenvalue weighted by Gasteiger charge is -2.40. The Morgan fingerprint density at radius 1 is 1.40 bits per heavy atom. The molecule has 0 aromatic rings. The summed E-state index contributed by atoms with van der Waals surface area (Å²) in [6, 6.07) is 0. The maximum absolute atomic E-state index is 5.59. The number of unbranched alkanes of at least 4 members (excludes halogenated alkanes) is 1. The second-order valence-electron chi connectivity index (χ2n) is 5.14. The fourth-order valence-corrected chi connectivity index (χ4v) is 2.30. The Morgan fingerprint density at radius 3 is 2.73 bits per heavy atom. The molecule has 0 bridgehead atoms. The predicted molar refractivity (Wildman–Crippen MR) is 65.1 cm³/mol. The fraction of sp³-hybridized carbons (Fsp3) is 0.846. The highest BCUT2D eigenvalue weighted by atomic mass is 16.5. The molecule has 88 valence electrons. The zero-order valence-corrected chi connectivity index (χ0v) is 10.6. The molecule has 0 radical (unpaired) electrons. The van der Waals surface area contributed by atoms with Gasteiger partial charge in [0.25, 0.3) is 0 Å². The number of nitrogens with one attached hydrogen (secondary N) is 1.